The van der Waals surface area contributed by atoms with E-state index < -0.39 is 0 Å². The molecule has 2 bridgehead atoms. The zero-order chi connectivity index (χ0) is 28.3. The molecular weight excluding hydrogens is 508 g/mol. The Bertz CT molecular complexity index is 1550. The molecule has 2 aromatic carbocycles. The Labute approximate surface area is 243 Å². The topological polar surface area (TPSA) is 59.3 Å². The van der Waals surface area contributed by atoms with Gasteiger partial charge in [0, 0.05) is 43.3 Å². The molecule has 1 saturated carbocycles. The first kappa shape index (κ1) is 26.3. The third kappa shape index (κ3) is 4.73. The predicted octanol–water partition coefficient (Wildman–Crippen LogP) is 6.61. The number of nitrogens with zero attached hydrogens (tertiary/aromatic N) is 6. The molecule has 7 heteroatoms. The van der Waals surface area contributed by atoms with Crippen LogP contribution >= 0.6 is 0 Å². The number of rotatable bonds is 6. The maximum Gasteiger partial charge on any atom is 0.227 e. The average Bonchev–Trinajstić information content (AvgIpc) is 3.46. The maximum atomic E-state index is 5.40. The SMILES string of the molecule is COc1ccc(N2[C@@H]3CC[C@H]2CN(c2nc(Cc4cc(C(C)(C)C)ccc4C)c4c(ncn4C4CCC4)n2)C3)cc1. The quantitative estimate of drug-likeness (QED) is 0.269. The Morgan fingerprint density at radius 3 is 2.27 bits per heavy atom. The van der Waals surface area contributed by atoms with Gasteiger partial charge in [-0.25, -0.2) is 9.97 Å². The summed E-state index contributed by atoms with van der Waals surface area (Å²) in [5.74, 6) is 1.74. The van der Waals surface area contributed by atoms with Crippen LogP contribution in [0.2, 0.25) is 0 Å². The van der Waals surface area contributed by atoms with Crippen LogP contribution in [0, 0.1) is 6.92 Å². The van der Waals surface area contributed by atoms with Gasteiger partial charge in [-0.15, -0.1) is 0 Å². The molecule has 0 unspecified atom stereocenters. The molecule has 0 amide bonds. The van der Waals surface area contributed by atoms with E-state index in [0.717, 1.165) is 48.1 Å². The van der Waals surface area contributed by atoms with Crippen LogP contribution < -0.4 is 14.5 Å². The van der Waals surface area contributed by atoms with Gasteiger partial charge in [-0.2, -0.15) is 4.98 Å². The lowest BCUT2D eigenvalue weighted by Gasteiger charge is -2.42. The summed E-state index contributed by atoms with van der Waals surface area (Å²) in [4.78, 5) is 20.4. The highest BCUT2D eigenvalue weighted by Crippen LogP contribution is 2.38. The van der Waals surface area contributed by atoms with Crippen molar-refractivity contribution >= 4 is 22.8 Å². The van der Waals surface area contributed by atoms with Crippen molar-refractivity contribution in [1.29, 1.82) is 0 Å². The van der Waals surface area contributed by atoms with Crippen LogP contribution in [0.1, 0.15) is 81.3 Å². The number of aryl methyl sites for hydroxylation is 1. The average molecular weight is 551 g/mol. The van der Waals surface area contributed by atoms with E-state index >= 15 is 0 Å². The highest BCUT2D eigenvalue weighted by Gasteiger charge is 2.41. The minimum Gasteiger partial charge on any atom is -0.497 e. The second kappa shape index (κ2) is 10.0. The summed E-state index contributed by atoms with van der Waals surface area (Å²) in [5, 5.41) is 0. The molecule has 41 heavy (non-hydrogen) atoms. The van der Waals surface area contributed by atoms with Crippen molar-refractivity contribution < 1.29 is 4.74 Å². The molecular formula is C34H42N6O. The van der Waals surface area contributed by atoms with Crippen LogP contribution in [0.25, 0.3) is 11.2 Å². The largest absolute Gasteiger partial charge is 0.497 e. The highest BCUT2D eigenvalue weighted by atomic mass is 16.5. The molecule has 3 fully saturated rings. The predicted molar refractivity (Wildman–Crippen MR) is 165 cm³/mol. The zero-order valence-corrected chi connectivity index (χ0v) is 25.1. The first-order valence-electron chi connectivity index (χ1n) is 15.3. The number of hydrogen-bond acceptors (Lipinski definition) is 6. The monoisotopic (exact) mass is 550 g/mol. The van der Waals surface area contributed by atoms with E-state index in [1.165, 1.54) is 54.5 Å². The fraction of sp³-hybridized carbons (Fsp3) is 0.500. The van der Waals surface area contributed by atoms with Crippen LogP contribution in [-0.4, -0.2) is 51.8 Å². The Balaban J connectivity index is 1.24. The first-order chi connectivity index (χ1) is 19.8. The van der Waals surface area contributed by atoms with E-state index in [4.69, 9.17) is 19.7 Å². The number of benzene rings is 2. The second-order valence-corrected chi connectivity index (χ2v) is 13.3. The molecule has 2 atom stereocenters. The summed E-state index contributed by atoms with van der Waals surface area (Å²) in [6, 6.07) is 16.9. The zero-order valence-electron chi connectivity index (χ0n) is 25.1. The van der Waals surface area contributed by atoms with Crippen LogP contribution in [0.5, 0.6) is 5.75 Å². The maximum absolute atomic E-state index is 5.40. The molecule has 2 saturated heterocycles. The van der Waals surface area contributed by atoms with E-state index in [1.807, 2.05) is 6.33 Å². The molecule has 2 aliphatic heterocycles. The van der Waals surface area contributed by atoms with Gasteiger partial charge in [0.05, 0.1) is 19.1 Å². The van der Waals surface area contributed by atoms with Crippen molar-refractivity contribution in [3.05, 3.63) is 71.2 Å². The van der Waals surface area contributed by atoms with Crippen LogP contribution in [-0.2, 0) is 11.8 Å². The fourth-order valence-electron chi connectivity index (χ4n) is 6.96. The standard InChI is InChI=1S/C34H42N6O/c1-22-9-10-24(34(2,3)4)17-23(22)18-30-31-32(35-21-39(31)25-7-6-8-25)37-33(36-30)38-19-27-11-12-28(20-38)40(27)26-13-15-29(41-5)16-14-26/h9-10,13-17,21,25,27-28H,6-8,11-12,18-20H2,1-5H3/t27-,28+. The molecule has 4 heterocycles. The van der Waals surface area contributed by atoms with Crippen molar-refractivity contribution in [3.63, 3.8) is 0 Å². The lowest BCUT2D eigenvalue weighted by atomic mass is 9.84. The number of aromatic nitrogens is 4. The molecule has 0 radical (unpaired) electrons. The van der Waals surface area contributed by atoms with Gasteiger partial charge in [0.1, 0.15) is 11.3 Å². The van der Waals surface area contributed by atoms with Crippen molar-refractivity contribution in [2.75, 3.05) is 30.0 Å². The minimum atomic E-state index is 0.102. The third-order valence-corrected chi connectivity index (χ3v) is 9.67. The summed E-state index contributed by atoms with van der Waals surface area (Å²) in [7, 11) is 1.72. The van der Waals surface area contributed by atoms with E-state index in [-0.39, 0.29) is 5.41 Å². The molecule has 7 rings (SSSR count). The molecule has 214 valence electrons. The van der Waals surface area contributed by atoms with Crippen molar-refractivity contribution in [3.8, 4) is 5.75 Å². The fourth-order valence-corrected chi connectivity index (χ4v) is 6.96. The van der Waals surface area contributed by atoms with E-state index in [9.17, 15) is 0 Å². The Hall–Kier alpha value is -3.61. The van der Waals surface area contributed by atoms with Gasteiger partial charge >= 0.3 is 0 Å². The number of imidazole rings is 1. The van der Waals surface area contributed by atoms with Gasteiger partial charge in [-0.05, 0) is 85.4 Å². The van der Waals surface area contributed by atoms with E-state index in [0.29, 0.717) is 18.1 Å². The summed E-state index contributed by atoms with van der Waals surface area (Å²) < 4.78 is 7.76. The van der Waals surface area contributed by atoms with Crippen molar-refractivity contribution in [2.24, 2.45) is 0 Å². The van der Waals surface area contributed by atoms with Gasteiger partial charge in [-0.3, -0.25) is 0 Å². The first-order valence-corrected chi connectivity index (χ1v) is 15.3. The normalized spacial score (nSPS) is 21.0. The van der Waals surface area contributed by atoms with Gasteiger partial charge in [-0.1, -0.05) is 39.0 Å². The summed E-state index contributed by atoms with van der Waals surface area (Å²) in [6.45, 7) is 10.9. The van der Waals surface area contributed by atoms with Gasteiger partial charge in [0.15, 0.2) is 5.65 Å². The van der Waals surface area contributed by atoms with E-state index in [1.54, 1.807) is 7.11 Å². The molecule has 7 nitrogen and oxygen atoms in total. The summed E-state index contributed by atoms with van der Waals surface area (Å²) in [5.41, 5.74) is 8.47. The molecule has 4 aromatic rings. The van der Waals surface area contributed by atoms with Crippen LogP contribution in [0.4, 0.5) is 11.6 Å². The lowest BCUT2D eigenvalue weighted by Crippen LogP contribution is -2.54. The summed E-state index contributed by atoms with van der Waals surface area (Å²) in [6.07, 6.45) is 8.89. The minimum absolute atomic E-state index is 0.102. The van der Waals surface area contributed by atoms with Crippen molar-refractivity contribution in [2.45, 2.75) is 89.8 Å². The Morgan fingerprint density at radius 2 is 1.63 bits per heavy atom. The smallest absolute Gasteiger partial charge is 0.227 e. The number of fused-ring (bicyclic) bond motifs is 3. The second-order valence-electron chi connectivity index (χ2n) is 13.3. The molecule has 0 spiro atoms. The number of anilines is 2. The Kier molecular flexibility index (Phi) is 6.44. The molecule has 2 aromatic heterocycles. The van der Waals surface area contributed by atoms with Gasteiger partial charge in [0.2, 0.25) is 5.95 Å². The van der Waals surface area contributed by atoms with Crippen LogP contribution in [0.3, 0.4) is 0 Å². The number of hydrogen-bond donors (Lipinski definition) is 0. The number of piperazine rings is 1. The highest BCUT2D eigenvalue weighted by molar-refractivity contribution is 5.76. The lowest BCUT2D eigenvalue weighted by molar-refractivity contribution is 0.320. The molecule has 3 aliphatic rings. The van der Waals surface area contributed by atoms with Gasteiger partial charge in [0.25, 0.3) is 0 Å². The summed E-state index contributed by atoms with van der Waals surface area (Å²) >= 11 is 0. The van der Waals surface area contributed by atoms with Crippen LogP contribution in [0.15, 0.2) is 48.8 Å². The van der Waals surface area contributed by atoms with Crippen molar-refractivity contribution in [1.82, 2.24) is 19.5 Å². The van der Waals surface area contributed by atoms with Gasteiger partial charge < -0.3 is 19.1 Å². The number of methoxy groups -OCH3 is 1. The molecule has 1 aliphatic carbocycles. The number of ether oxygens (including phenoxy) is 1. The van der Waals surface area contributed by atoms with E-state index in [2.05, 4.69) is 84.5 Å². The molecule has 0 N–H and O–H groups in total. The Morgan fingerprint density at radius 1 is 0.902 bits per heavy atom. The third-order valence-electron chi connectivity index (χ3n) is 9.67.